The highest BCUT2D eigenvalue weighted by atomic mass is 16.5. The zero-order chi connectivity index (χ0) is 13.2. The molecule has 4 nitrogen and oxygen atoms in total. The van der Waals surface area contributed by atoms with Crippen molar-refractivity contribution in [3.63, 3.8) is 0 Å². The molecule has 2 N–H and O–H groups in total. The summed E-state index contributed by atoms with van der Waals surface area (Å²) in [5, 5.41) is 4.33. The van der Waals surface area contributed by atoms with Crippen molar-refractivity contribution in [2.75, 3.05) is 7.11 Å². The summed E-state index contributed by atoms with van der Waals surface area (Å²) in [4.78, 5) is 0. The largest absolute Gasteiger partial charge is 0.379 e. The Morgan fingerprint density at radius 1 is 1.47 bits per heavy atom. The van der Waals surface area contributed by atoms with Gasteiger partial charge in [-0.2, -0.15) is 5.10 Å². The van der Waals surface area contributed by atoms with Crippen LogP contribution in [0, 0.1) is 12.3 Å². The molecule has 1 aromatic heterocycles. The van der Waals surface area contributed by atoms with Crippen molar-refractivity contribution in [1.82, 2.24) is 9.78 Å². The molecule has 0 spiro atoms. The van der Waals surface area contributed by atoms with Gasteiger partial charge in [-0.3, -0.25) is 4.68 Å². The molecule has 2 unspecified atom stereocenters. The predicted octanol–water partition coefficient (Wildman–Crippen LogP) is 1.66. The van der Waals surface area contributed by atoms with Crippen molar-refractivity contribution < 1.29 is 4.74 Å². The molecule has 2 atom stereocenters. The molecule has 98 valence electrons. The van der Waals surface area contributed by atoms with Gasteiger partial charge in [0.25, 0.3) is 0 Å². The summed E-state index contributed by atoms with van der Waals surface area (Å²) in [5.41, 5.74) is 8.48. The molecular weight excluding hydrogens is 214 g/mol. The Morgan fingerprint density at radius 3 is 2.41 bits per heavy atom. The first kappa shape index (κ1) is 14.2. The van der Waals surface area contributed by atoms with Crippen molar-refractivity contribution >= 4 is 0 Å². The Bertz CT molecular complexity index is 365. The SMILES string of the molecule is COC(C(N)Cc1cc(C)nn1C)C(C)(C)C. The van der Waals surface area contributed by atoms with Crippen LogP contribution in [0.4, 0.5) is 0 Å². The highest BCUT2D eigenvalue weighted by Crippen LogP contribution is 2.25. The van der Waals surface area contributed by atoms with Crippen molar-refractivity contribution in [1.29, 1.82) is 0 Å². The maximum Gasteiger partial charge on any atom is 0.0774 e. The number of aryl methyl sites for hydroxylation is 2. The Balaban J connectivity index is 2.77. The van der Waals surface area contributed by atoms with Crippen LogP contribution in [-0.2, 0) is 18.2 Å². The van der Waals surface area contributed by atoms with Crippen LogP contribution in [-0.4, -0.2) is 29.0 Å². The van der Waals surface area contributed by atoms with E-state index in [1.807, 2.05) is 18.7 Å². The van der Waals surface area contributed by atoms with Crippen molar-refractivity contribution in [2.45, 2.75) is 46.3 Å². The lowest BCUT2D eigenvalue weighted by Gasteiger charge is -2.34. The number of ether oxygens (including phenoxy) is 1. The highest BCUT2D eigenvalue weighted by molar-refractivity contribution is 5.10. The average molecular weight is 239 g/mol. The Morgan fingerprint density at radius 2 is 2.06 bits per heavy atom. The first-order chi connectivity index (χ1) is 7.75. The van der Waals surface area contributed by atoms with Gasteiger partial charge in [-0.15, -0.1) is 0 Å². The standard InChI is InChI=1S/C13H25N3O/c1-9-7-10(16(5)15-9)8-11(14)12(17-6)13(2,3)4/h7,11-12H,8,14H2,1-6H3. The molecule has 0 amide bonds. The summed E-state index contributed by atoms with van der Waals surface area (Å²) in [5.74, 6) is 0. The van der Waals surface area contributed by atoms with Gasteiger partial charge in [0.05, 0.1) is 11.8 Å². The third kappa shape index (κ3) is 3.54. The summed E-state index contributed by atoms with van der Waals surface area (Å²) in [7, 11) is 3.68. The van der Waals surface area contributed by atoms with Gasteiger partial charge in [0.1, 0.15) is 0 Å². The van der Waals surface area contributed by atoms with E-state index in [1.54, 1.807) is 7.11 Å². The molecule has 0 bridgehead atoms. The Labute approximate surface area is 104 Å². The molecule has 1 heterocycles. The molecule has 0 saturated heterocycles. The number of rotatable bonds is 4. The quantitative estimate of drug-likeness (QED) is 0.869. The maximum atomic E-state index is 6.26. The van der Waals surface area contributed by atoms with Gasteiger partial charge in [0, 0.05) is 32.3 Å². The third-order valence-electron chi connectivity index (χ3n) is 3.04. The zero-order valence-corrected chi connectivity index (χ0v) is 11.8. The highest BCUT2D eigenvalue weighted by Gasteiger charge is 2.30. The van der Waals surface area contributed by atoms with Crippen LogP contribution in [0.15, 0.2) is 6.07 Å². The number of methoxy groups -OCH3 is 1. The van der Waals surface area contributed by atoms with Crippen LogP contribution in [0.5, 0.6) is 0 Å². The fourth-order valence-electron chi connectivity index (χ4n) is 2.37. The van der Waals surface area contributed by atoms with Crippen molar-refractivity contribution in [2.24, 2.45) is 18.2 Å². The monoisotopic (exact) mass is 239 g/mol. The first-order valence-corrected chi connectivity index (χ1v) is 6.03. The van der Waals surface area contributed by atoms with Gasteiger partial charge in [0.15, 0.2) is 0 Å². The third-order valence-corrected chi connectivity index (χ3v) is 3.04. The van der Waals surface area contributed by atoms with Crippen molar-refractivity contribution in [3.05, 3.63) is 17.5 Å². The second-order valence-corrected chi connectivity index (χ2v) is 5.79. The molecule has 0 fully saturated rings. The van der Waals surface area contributed by atoms with E-state index in [4.69, 9.17) is 10.5 Å². The van der Waals surface area contributed by atoms with Gasteiger partial charge in [-0.1, -0.05) is 20.8 Å². The summed E-state index contributed by atoms with van der Waals surface area (Å²) in [6, 6.07) is 2.06. The zero-order valence-electron chi connectivity index (χ0n) is 11.8. The lowest BCUT2D eigenvalue weighted by molar-refractivity contribution is -0.00200. The summed E-state index contributed by atoms with van der Waals surface area (Å²) in [6.07, 6.45) is 0.824. The predicted molar refractivity (Wildman–Crippen MR) is 69.9 cm³/mol. The number of hydrogen-bond acceptors (Lipinski definition) is 3. The normalized spacial score (nSPS) is 15.9. The van der Waals surface area contributed by atoms with Crippen LogP contribution in [0.2, 0.25) is 0 Å². The number of aromatic nitrogens is 2. The number of nitrogens with zero attached hydrogens (tertiary/aromatic N) is 2. The molecule has 0 aliphatic rings. The molecule has 0 radical (unpaired) electrons. The van der Waals surface area contributed by atoms with Crippen LogP contribution in [0.1, 0.15) is 32.2 Å². The molecule has 0 aliphatic heterocycles. The second-order valence-electron chi connectivity index (χ2n) is 5.79. The maximum absolute atomic E-state index is 6.26. The van der Waals surface area contributed by atoms with E-state index in [0.29, 0.717) is 0 Å². The van der Waals surface area contributed by atoms with Crippen LogP contribution in [0.3, 0.4) is 0 Å². The molecule has 17 heavy (non-hydrogen) atoms. The Kier molecular flexibility index (Phi) is 4.33. The van der Waals surface area contributed by atoms with Crippen LogP contribution in [0.25, 0.3) is 0 Å². The van der Waals surface area contributed by atoms with E-state index in [2.05, 4.69) is 31.9 Å². The molecule has 0 aromatic carbocycles. The molecule has 1 rings (SSSR count). The molecule has 0 saturated carbocycles. The van der Waals surface area contributed by atoms with Gasteiger partial charge in [-0.25, -0.2) is 0 Å². The lowest BCUT2D eigenvalue weighted by Crippen LogP contribution is -2.46. The molecule has 0 aliphatic carbocycles. The summed E-state index contributed by atoms with van der Waals surface area (Å²) in [6.45, 7) is 8.44. The van der Waals surface area contributed by atoms with Gasteiger partial charge >= 0.3 is 0 Å². The van der Waals surface area contributed by atoms with Gasteiger partial charge < -0.3 is 10.5 Å². The minimum Gasteiger partial charge on any atom is -0.379 e. The number of hydrogen-bond donors (Lipinski definition) is 1. The fraction of sp³-hybridized carbons (Fsp3) is 0.769. The second kappa shape index (κ2) is 5.19. The minimum absolute atomic E-state index is 0.0187. The lowest BCUT2D eigenvalue weighted by atomic mass is 9.83. The van der Waals surface area contributed by atoms with E-state index in [9.17, 15) is 0 Å². The van der Waals surface area contributed by atoms with E-state index in [-0.39, 0.29) is 17.6 Å². The van der Waals surface area contributed by atoms with E-state index < -0.39 is 0 Å². The Hall–Kier alpha value is -0.870. The van der Waals surface area contributed by atoms with Crippen LogP contribution >= 0.6 is 0 Å². The van der Waals surface area contributed by atoms with E-state index >= 15 is 0 Å². The average Bonchev–Trinajstić information content (AvgIpc) is 2.43. The summed E-state index contributed by atoms with van der Waals surface area (Å²) < 4.78 is 7.43. The molecular formula is C13H25N3O. The smallest absolute Gasteiger partial charge is 0.0774 e. The summed E-state index contributed by atoms with van der Waals surface area (Å²) >= 11 is 0. The van der Waals surface area contributed by atoms with Crippen LogP contribution < -0.4 is 5.73 Å². The first-order valence-electron chi connectivity index (χ1n) is 6.03. The van der Waals surface area contributed by atoms with Crippen molar-refractivity contribution in [3.8, 4) is 0 Å². The fourth-order valence-corrected chi connectivity index (χ4v) is 2.37. The number of nitrogens with two attached hydrogens (primary N) is 1. The van der Waals surface area contributed by atoms with E-state index in [0.717, 1.165) is 17.8 Å². The molecule has 4 heteroatoms. The topological polar surface area (TPSA) is 53.1 Å². The minimum atomic E-state index is -0.0187. The van der Waals surface area contributed by atoms with Gasteiger partial charge in [-0.05, 0) is 18.4 Å². The van der Waals surface area contributed by atoms with E-state index in [1.165, 1.54) is 0 Å². The molecule has 1 aromatic rings. The van der Waals surface area contributed by atoms with Gasteiger partial charge in [0.2, 0.25) is 0 Å².